The molecule has 2 unspecified atom stereocenters. The SMILES string of the molecule is CC1C(=O)CCC1c1cccc(OC2CC2)c1. The Bertz CT molecular complexity index is 434. The fourth-order valence-corrected chi connectivity index (χ4v) is 2.65. The first kappa shape index (κ1) is 10.8. The Morgan fingerprint density at radius 1 is 1.24 bits per heavy atom. The minimum atomic E-state index is 0.172. The molecule has 2 heteroatoms. The van der Waals surface area contributed by atoms with Crippen molar-refractivity contribution in [2.75, 3.05) is 0 Å². The van der Waals surface area contributed by atoms with Crippen LogP contribution in [0.1, 0.15) is 44.1 Å². The molecule has 0 heterocycles. The number of benzene rings is 1. The van der Waals surface area contributed by atoms with Crippen molar-refractivity contribution in [3.8, 4) is 5.75 Å². The summed E-state index contributed by atoms with van der Waals surface area (Å²) in [6.07, 6.45) is 4.53. The second-order valence-corrected chi connectivity index (χ2v) is 5.29. The smallest absolute Gasteiger partial charge is 0.136 e. The molecule has 0 aromatic heterocycles. The van der Waals surface area contributed by atoms with E-state index in [0.717, 1.165) is 18.6 Å². The second kappa shape index (κ2) is 4.17. The van der Waals surface area contributed by atoms with E-state index in [1.165, 1.54) is 18.4 Å². The summed E-state index contributed by atoms with van der Waals surface area (Å²) in [6, 6.07) is 8.31. The molecule has 2 saturated carbocycles. The molecule has 3 rings (SSSR count). The number of carbonyl (C=O) groups excluding carboxylic acids is 1. The van der Waals surface area contributed by atoms with Gasteiger partial charge in [-0.05, 0) is 42.9 Å². The Kier molecular flexibility index (Phi) is 2.65. The lowest BCUT2D eigenvalue weighted by Gasteiger charge is -2.15. The Morgan fingerprint density at radius 3 is 2.71 bits per heavy atom. The summed E-state index contributed by atoms with van der Waals surface area (Å²) in [6.45, 7) is 2.05. The van der Waals surface area contributed by atoms with Gasteiger partial charge in [-0.15, -0.1) is 0 Å². The minimum Gasteiger partial charge on any atom is -0.490 e. The molecule has 90 valence electrons. The predicted molar refractivity (Wildman–Crippen MR) is 66.2 cm³/mol. The van der Waals surface area contributed by atoms with Crippen molar-refractivity contribution >= 4 is 5.78 Å². The molecule has 1 aromatic rings. The average molecular weight is 230 g/mol. The topological polar surface area (TPSA) is 26.3 Å². The highest BCUT2D eigenvalue weighted by atomic mass is 16.5. The number of hydrogen-bond acceptors (Lipinski definition) is 2. The summed E-state index contributed by atoms with van der Waals surface area (Å²) in [5.41, 5.74) is 1.27. The number of carbonyl (C=O) groups is 1. The van der Waals surface area contributed by atoms with Crippen molar-refractivity contribution in [1.29, 1.82) is 0 Å². The molecule has 0 spiro atoms. The fourth-order valence-electron chi connectivity index (χ4n) is 2.65. The number of hydrogen-bond donors (Lipinski definition) is 0. The van der Waals surface area contributed by atoms with E-state index >= 15 is 0 Å². The molecule has 0 N–H and O–H groups in total. The third-order valence-corrected chi connectivity index (χ3v) is 3.93. The summed E-state index contributed by atoms with van der Waals surface area (Å²) in [5.74, 6) is 1.94. The van der Waals surface area contributed by atoms with Crippen LogP contribution in [0.4, 0.5) is 0 Å². The predicted octanol–water partition coefficient (Wildman–Crippen LogP) is 3.31. The molecule has 0 bridgehead atoms. The standard InChI is InChI=1S/C15H18O2/c1-10-14(7-8-15(10)16)11-3-2-4-13(9-11)17-12-5-6-12/h2-4,9-10,12,14H,5-8H2,1H3. The molecule has 2 aliphatic carbocycles. The Morgan fingerprint density at radius 2 is 2.06 bits per heavy atom. The van der Waals surface area contributed by atoms with Crippen molar-refractivity contribution in [2.24, 2.45) is 5.92 Å². The summed E-state index contributed by atoms with van der Waals surface area (Å²) in [4.78, 5) is 11.6. The van der Waals surface area contributed by atoms with Crippen molar-refractivity contribution in [1.82, 2.24) is 0 Å². The van der Waals surface area contributed by atoms with E-state index < -0.39 is 0 Å². The van der Waals surface area contributed by atoms with E-state index in [2.05, 4.69) is 19.1 Å². The highest BCUT2D eigenvalue weighted by Gasteiger charge is 2.32. The van der Waals surface area contributed by atoms with Gasteiger partial charge in [-0.2, -0.15) is 0 Å². The summed E-state index contributed by atoms with van der Waals surface area (Å²) in [7, 11) is 0. The van der Waals surface area contributed by atoms with Crippen LogP contribution >= 0.6 is 0 Å². The third-order valence-electron chi connectivity index (χ3n) is 3.93. The van der Waals surface area contributed by atoms with Gasteiger partial charge in [0.25, 0.3) is 0 Å². The van der Waals surface area contributed by atoms with Crippen LogP contribution in [0.25, 0.3) is 0 Å². The van der Waals surface area contributed by atoms with Crippen LogP contribution in [0.15, 0.2) is 24.3 Å². The Labute approximate surface area is 102 Å². The quantitative estimate of drug-likeness (QED) is 0.796. The monoisotopic (exact) mass is 230 g/mol. The molecule has 17 heavy (non-hydrogen) atoms. The normalized spacial score (nSPS) is 28.4. The van der Waals surface area contributed by atoms with Gasteiger partial charge in [-0.3, -0.25) is 4.79 Å². The lowest BCUT2D eigenvalue weighted by Crippen LogP contribution is -2.09. The molecule has 0 saturated heterocycles. The van der Waals surface area contributed by atoms with E-state index in [0.29, 0.717) is 17.8 Å². The third kappa shape index (κ3) is 2.21. The zero-order valence-corrected chi connectivity index (χ0v) is 10.2. The summed E-state index contributed by atoms with van der Waals surface area (Å²) in [5, 5.41) is 0. The van der Waals surface area contributed by atoms with Crippen LogP contribution in [0.2, 0.25) is 0 Å². The lowest BCUT2D eigenvalue weighted by molar-refractivity contribution is -0.120. The van der Waals surface area contributed by atoms with Crippen LogP contribution in [0.3, 0.4) is 0 Å². The summed E-state index contributed by atoms with van der Waals surface area (Å²) >= 11 is 0. The first-order valence-electron chi connectivity index (χ1n) is 6.53. The maximum atomic E-state index is 11.6. The van der Waals surface area contributed by atoms with E-state index in [1.54, 1.807) is 0 Å². The number of ketones is 1. The van der Waals surface area contributed by atoms with Gasteiger partial charge in [-0.1, -0.05) is 19.1 Å². The molecular weight excluding hydrogens is 212 g/mol. The van der Waals surface area contributed by atoms with Crippen LogP contribution in [-0.4, -0.2) is 11.9 Å². The van der Waals surface area contributed by atoms with Crippen molar-refractivity contribution in [2.45, 2.75) is 44.6 Å². The minimum absolute atomic E-state index is 0.172. The van der Waals surface area contributed by atoms with Crippen LogP contribution in [0.5, 0.6) is 5.75 Å². The van der Waals surface area contributed by atoms with Gasteiger partial charge in [-0.25, -0.2) is 0 Å². The molecule has 2 atom stereocenters. The largest absolute Gasteiger partial charge is 0.490 e. The molecule has 0 radical (unpaired) electrons. The van der Waals surface area contributed by atoms with Crippen molar-refractivity contribution in [3.05, 3.63) is 29.8 Å². The highest BCUT2D eigenvalue weighted by Crippen LogP contribution is 2.38. The van der Waals surface area contributed by atoms with Crippen LogP contribution < -0.4 is 4.74 Å². The zero-order chi connectivity index (χ0) is 11.8. The highest BCUT2D eigenvalue weighted by molar-refractivity contribution is 5.84. The molecule has 2 aliphatic rings. The number of ether oxygens (including phenoxy) is 1. The fraction of sp³-hybridized carbons (Fsp3) is 0.533. The van der Waals surface area contributed by atoms with Gasteiger partial charge in [0.2, 0.25) is 0 Å². The van der Waals surface area contributed by atoms with Crippen molar-refractivity contribution < 1.29 is 9.53 Å². The summed E-state index contributed by atoms with van der Waals surface area (Å²) < 4.78 is 5.80. The molecule has 2 nitrogen and oxygen atoms in total. The van der Waals surface area contributed by atoms with Crippen LogP contribution in [-0.2, 0) is 4.79 Å². The van der Waals surface area contributed by atoms with Gasteiger partial charge in [0.15, 0.2) is 0 Å². The van der Waals surface area contributed by atoms with E-state index in [-0.39, 0.29) is 5.92 Å². The molecule has 1 aromatic carbocycles. The van der Waals surface area contributed by atoms with Gasteiger partial charge < -0.3 is 4.74 Å². The van der Waals surface area contributed by atoms with Gasteiger partial charge >= 0.3 is 0 Å². The molecule has 0 amide bonds. The Hall–Kier alpha value is -1.31. The maximum absolute atomic E-state index is 11.6. The first-order chi connectivity index (χ1) is 8.24. The molecular formula is C15H18O2. The van der Waals surface area contributed by atoms with E-state index in [4.69, 9.17) is 4.74 Å². The molecule has 2 fully saturated rings. The van der Waals surface area contributed by atoms with Gasteiger partial charge in [0.1, 0.15) is 11.5 Å². The lowest BCUT2D eigenvalue weighted by atomic mass is 9.90. The second-order valence-electron chi connectivity index (χ2n) is 5.29. The van der Waals surface area contributed by atoms with Gasteiger partial charge in [0, 0.05) is 12.3 Å². The van der Waals surface area contributed by atoms with E-state index in [1.807, 2.05) is 12.1 Å². The van der Waals surface area contributed by atoms with Gasteiger partial charge in [0.05, 0.1) is 6.10 Å². The zero-order valence-electron chi connectivity index (χ0n) is 10.2. The molecule has 0 aliphatic heterocycles. The Balaban J connectivity index is 1.79. The average Bonchev–Trinajstić information content (AvgIpc) is 3.07. The number of Topliss-reactive ketones (excluding diaryl/α,β-unsaturated/α-hetero) is 1. The van der Waals surface area contributed by atoms with E-state index in [9.17, 15) is 4.79 Å². The van der Waals surface area contributed by atoms with Crippen LogP contribution in [0, 0.1) is 5.92 Å². The maximum Gasteiger partial charge on any atom is 0.136 e. The van der Waals surface area contributed by atoms with Crippen molar-refractivity contribution in [3.63, 3.8) is 0 Å². The number of rotatable bonds is 3. The first-order valence-corrected chi connectivity index (χ1v) is 6.53.